The van der Waals surface area contributed by atoms with Crippen molar-refractivity contribution in [1.29, 1.82) is 0 Å². The standard InChI is InChI=1S/C13H17NO5S2/c1-13(2,21(3,18)19)8-14-12(17)9-6-10(20-7-9)4-5-11(15)16/h4-7H,8H2,1-3H3,(H,14,17)(H,15,16). The Balaban J connectivity index is 2.72. The first-order chi connectivity index (χ1) is 9.53. The Kier molecular flexibility index (Phi) is 5.30. The molecular weight excluding hydrogens is 314 g/mol. The number of aliphatic carboxylic acids is 1. The minimum Gasteiger partial charge on any atom is -0.478 e. The van der Waals surface area contributed by atoms with Gasteiger partial charge in [0.15, 0.2) is 9.84 Å². The van der Waals surface area contributed by atoms with Crippen LogP contribution < -0.4 is 5.32 Å². The number of amides is 1. The van der Waals surface area contributed by atoms with E-state index < -0.39 is 26.5 Å². The fourth-order valence-corrected chi connectivity index (χ4v) is 2.35. The van der Waals surface area contributed by atoms with Gasteiger partial charge in [0, 0.05) is 29.1 Å². The number of hydrogen-bond donors (Lipinski definition) is 2. The molecule has 0 saturated heterocycles. The van der Waals surface area contributed by atoms with Gasteiger partial charge in [0.05, 0.1) is 10.3 Å². The van der Waals surface area contributed by atoms with Crippen molar-refractivity contribution in [3.05, 3.63) is 28.0 Å². The molecule has 8 heteroatoms. The Bertz CT molecular complexity index is 670. The van der Waals surface area contributed by atoms with Crippen molar-refractivity contribution in [1.82, 2.24) is 5.32 Å². The summed E-state index contributed by atoms with van der Waals surface area (Å²) < 4.78 is 22.0. The molecular formula is C13H17NO5S2. The van der Waals surface area contributed by atoms with Gasteiger partial charge in [0.2, 0.25) is 0 Å². The number of carbonyl (C=O) groups is 2. The van der Waals surface area contributed by atoms with Gasteiger partial charge >= 0.3 is 5.97 Å². The van der Waals surface area contributed by atoms with Crippen molar-refractivity contribution in [2.75, 3.05) is 12.8 Å². The van der Waals surface area contributed by atoms with Crippen LogP contribution in [-0.2, 0) is 14.6 Å². The zero-order valence-corrected chi connectivity index (χ0v) is 13.5. The van der Waals surface area contributed by atoms with Crippen molar-refractivity contribution < 1.29 is 23.1 Å². The topological polar surface area (TPSA) is 101 Å². The van der Waals surface area contributed by atoms with Crippen LogP contribution in [0.3, 0.4) is 0 Å². The predicted octanol–water partition coefficient (Wildman–Crippen LogP) is 1.40. The molecule has 0 atom stereocenters. The minimum absolute atomic E-state index is 0.000805. The number of carboxylic acid groups (broad SMARTS) is 1. The summed E-state index contributed by atoms with van der Waals surface area (Å²) in [5, 5.41) is 12.7. The van der Waals surface area contributed by atoms with E-state index >= 15 is 0 Å². The van der Waals surface area contributed by atoms with Crippen LogP contribution in [0.25, 0.3) is 6.08 Å². The zero-order chi connectivity index (χ0) is 16.3. The predicted molar refractivity (Wildman–Crippen MR) is 82.2 cm³/mol. The van der Waals surface area contributed by atoms with Crippen molar-refractivity contribution in [2.24, 2.45) is 0 Å². The van der Waals surface area contributed by atoms with Crippen LogP contribution >= 0.6 is 11.3 Å². The van der Waals surface area contributed by atoms with Crippen LogP contribution in [0, 0.1) is 0 Å². The lowest BCUT2D eigenvalue weighted by Gasteiger charge is -2.22. The molecule has 0 aliphatic carbocycles. The molecule has 1 aromatic rings. The lowest BCUT2D eigenvalue weighted by molar-refractivity contribution is -0.131. The molecule has 0 aromatic carbocycles. The fourth-order valence-electron chi connectivity index (χ4n) is 1.24. The second-order valence-electron chi connectivity index (χ2n) is 5.12. The van der Waals surface area contributed by atoms with Gasteiger partial charge < -0.3 is 10.4 Å². The van der Waals surface area contributed by atoms with Gasteiger partial charge in [-0.25, -0.2) is 13.2 Å². The molecule has 0 bridgehead atoms. The quantitative estimate of drug-likeness (QED) is 0.767. The largest absolute Gasteiger partial charge is 0.478 e. The van der Waals surface area contributed by atoms with E-state index in [0.29, 0.717) is 10.4 Å². The summed E-state index contributed by atoms with van der Waals surface area (Å²) in [6, 6.07) is 1.55. The molecule has 116 valence electrons. The maximum Gasteiger partial charge on any atom is 0.328 e. The highest BCUT2D eigenvalue weighted by Gasteiger charge is 2.30. The second kappa shape index (κ2) is 6.40. The van der Waals surface area contributed by atoms with E-state index in [2.05, 4.69) is 5.32 Å². The van der Waals surface area contributed by atoms with Crippen LogP contribution in [0.4, 0.5) is 0 Å². The maximum atomic E-state index is 11.9. The molecule has 21 heavy (non-hydrogen) atoms. The second-order valence-corrected chi connectivity index (χ2v) is 8.72. The molecule has 0 fully saturated rings. The molecule has 1 aromatic heterocycles. The van der Waals surface area contributed by atoms with Gasteiger partial charge in [-0.3, -0.25) is 4.79 Å². The van der Waals surface area contributed by atoms with Crippen LogP contribution in [0.1, 0.15) is 29.1 Å². The van der Waals surface area contributed by atoms with Crippen LogP contribution in [0.2, 0.25) is 0 Å². The summed E-state index contributed by atoms with van der Waals surface area (Å²) in [6.07, 6.45) is 3.50. The number of nitrogens with one attached hydrogen (secondary N) is 1. The zero-order valence-electron chi connectivity index (χ0n) is 11.9. The number of sulfone groups is 1. The Morgan fingerprint density at radius 1 is 1.43 bits per heavy atom. The molecule has 0 spiro atoms. The normalized spacial score (nSPS) is 12.5. The van der Waals surface area contributed by atoms with Gasteiger partial charge in [-0.05, 0) is 26.0 Å². The Hall–Kier alpha value is -1.67. The summed E-state index contributed by atoms with van der Waals surface area (Å²) in [5.41, 5.74) is 0.370. The average Bonchev–Trinajstić information content (AvgIpc) is 2.81. The summed E-state index contributed by atoms with van der Waals surface area (Å²) in [6.45, 7) is 3.08. The smallest absolute Gasteiger partial charge is 0.328 e. The van der Waals surface area contributed by atoms with Gasteiger partial charge in [-0.1, -0.05) is 0 Å². The SMILES string of the molecule is CC(C)(CNC(=O)c1csc(C=CC(=O)O)c1)S(C)(=O)=O. The van der Waals surface area contributed by atoms with Crippen molar-refractivity contribution in [3.8, 4) is 0 Å². The van der Waals surface area contributed by atoms with Gasteiger partial charge in [-0.2, -0.15) is 0 Å². The lowest BCUT2D eigenvalue weighted by atomic mass is 10.2. The van der Waals surface area contributed by atoms with E-state index in [0.717, 1.165) is 12.3 Å². The maximum absolute atomic E-state index is 11.9. The van der Waals surface area contributed by atoms with Crippen LogP contribution in [-0.4, -0.2) is 42.9 Å². The van der Waals surface area contributed by atoms with E-state index in [1.54, 1.807) is 11.4 Å². The molecule has 2 N–H and O–H groups in total. The summed E-state index contributed by atoms with van der Waals surface area (Å²) in [4.78, 5) is 23.0. The van der Waals surface area contributed by atoms with E-state index in [1.807, 2.05) is 0 Å². The monoisotopic (exact) mass is 331 g/mol. The first kappa shape index (κ1) is 17.4. The van der Waals surface area contributed by atoms with Crippen molar-refractivity contribution in [3.63, 3.8) is 0 Å². The minimum atomic E-state index is -3.28. The summed E-state index contributed by atoms with van der Waals surface area (Å²) in [5.74, 6) is -1.46. The Morgan fingerprint density at radius 2 is 2.05 bits per heavy atom. The van der Waals surface area contributed by atoms with E-state index in [9.17, 15) is 18.0 Å². The van der Waals surface area contributed by atoms with Crippen LogP contribution in [0.15, 0.2) is 17.5 Å². The Labute approximate surface area is 127 Å². The third kappa shape index (κ3) is 4.98. The highest BCUT2D eigenvalue weighted by molar-refractivity contribution is 7.92. The molecule has 1 heterocycles. The molecule has 0 aliphatic rings. The average molecular weight is 331 g/mol. The number of hydrogen-bond acceptors (Lipinski definition) is 5. The Morgan fingerprint density at radius 3 is 2.57 bits per heavy atom. The summed E-state index contributed by atoms with van der Waals surface area (Å²) in [7, 11) is -3.28. The first-order valence-electron chi connectivity index (χ1n) is 6.00. The number of rotatable bonds is 6. The molecule has 0 saturated carbocycles. The van der Waals surface area contributed by atoms with Gasteiger partial charge in [0.1, 0.15) is 0 Å². The van der Waals surface area contributed by atoms with E-state index in [1.165, 1.54) is 31.3 Å². The lowest BCUT2D eigenvalue weighted by Crippen LogP contribution is -2.43. The number of thiophene rings is 1. The van der Waals surface area contributed by atoms with Crippen LogP contribution in [0.5, 0.6) is 0 Å². The molecule has 0 aliphatic heterocycles. The fraction of sp³-hybridized carbons (Fsp3) is 0.385. The molecule has 6 nitrogen and oxygen atoms in total. The number of carboxylic acids is 1. The van der Waals surface area contributed by atoms with Gasteiger partial charge in [-0.15, -0.1) is 11.3 Å². The molecule has 1 rings (SSSR count). The molecule has 0 radical (unpaired) electrons. The third-order valence-corrected chi connectivity index (χ3v) is 6.00. The highest BCUT2D eigenvalue weighted by Crippen LogP contribution is 2.17. The third-order valence-electron chi connectivity index (χ3n) is 2.95. The van der Waals surface area contributed by atoms with Crippen molar-refractivity contribution in [2.45, 2.75) is 18.6 Å². The van der Waals surface area contributed by atoms with E-state index in [4.69, 9.17) is 5.11 Å². The number of carbonyl (C=O) groups excluding carboxylic acids is 1. The first-order valence-corrected chi connectivity index (χ1v) is 8.77. The van der Waals surface area contributed by atoms with E-state index in [-0.39, 0.29) is 6.54 Å². The summed E-state index contributed by atoms with van der Waals surface area (Å²) >= 11 is 1.23. The molecule has 1 amide bonds. The molecule has 0 unspecified atom stereocenters. The highest BCUT2D eigenvalue weighted by atomic mass is 32.2. The van der Waals surface area contributed by atoms with Gasteiger partial charge in [0.25, 0.3) is 5.91 Å². The van der Waals surface area contributed by atoms with Crippen molar-refractivity contribution >= 4 is 39.1 Å².